The molecule has 3 aliphatic rings. The van der Waals surface area contributed by atoms with Crippen molar-refractivity contribution < 1.29 is 4.74 Å². The molecule has 150 valence electrons. The Morgan fingerprint density at radius 2 is 1.96 bits per heavy atom. The van der Waals surface area contributed by atoms with Gasteiger partial charge in [0.25, 0.3) is 0 Å². The molecule has 1 aromatic rings. The van der Waals surface area contributed by atoms with Crippen molar-refractivity contribution in [2.45, 2.75) is 64.3 Å². The molecule has 1 saturated carbocycles. The molecular weight excluding hydrogens is 340 g/mol. The van der Waals surface area contributed by atoms with Gasteiger partial charge in [0.15, 0.2) is 0 Å². The lowest BCUT2D eigenvalue weighted by Gasteiger charge is -2.35. The third-order valence-corrected chi connectivity index (χ3v) is 6.30. The van der Waals surface area contributed by atoms with Crippen LogP contribution in [0.25, 0.3) is 0 Å². The van der Waals surface area contributed by atoms with Crippen LogP contribution in [0.15, 0.2) is 12.4 Å². The topological polar surface area (TPSA) is 65.5 Å². The van der Waals surface area contributed by atoms with Crippen LogP contribution in [0.2, 0.25) is 0 Å². The number of likely N-dealkylation sites (N-methyl/N-ethyl adjacent to an activating group) is 1. The fraction of sp³-hybridized carbons (Fsp3) is 0.800. The number of nitrogens with one attached hydrogen (secondary N) is 2. The number of hydrogen-bond acceptors (Lipinski definition) is 7. The molecule has 4 rings (SSSR count). The van der Waals surface area contributed by atoms with Crippen molar-refractivity contribution in [3.8, 4) is 0 Å². The van der Waals surface area contributed by atoms with E-state index in [9.17, 15) is 0 Å². The van der Waals surface area contributed by atoms with Crippen LogP contribution in [0, 0.1) is 5.92 Å². The monoisotopic (exact) mass is 374 g/mol. The second-order valence-corrected chi connectivity index (χ2v) is 8.38. The van der Waals surface area contributed by atoms with Gasteiger partial charge in [-0.2, -0.15) is 0 Å². The largest absolute Gasteiger partial charge is 0.376 e. The fourth-order valence-electron chi connectivity index (χ4n) is 4.82. The minimum Gasteiger partial charge on any atom is -0.376 e. The molecule has 3 heterocycles. The van der Waals surface area contributed by atoms with Crippen molar-refractivity contribution in [1.82, 2.24) is 25.7 Å². The van der Waals surface area contributed by atoms with Gasteiger partial charge in [-0.15, -0.1) is 0 Å². The second kappa shape index (κ2) is 8.39. The van der Waals surface area contributed by atoms with Crippen LogP contribution >= 0.6 is 0 Å². The number of aromatic nitrogens is 2. The van der Waals surface area contributed by atoms with E-state index < -0.39 is 0 Å². The maximum absolute atomic E-state index is 6.12. The summed E-state index contributed by atoms with van der Waals surface area (Å²) in [4.78, 5) is 14.1. The molecule has 7 nitrogen and oxygen atoms in total. The van der Waals surface area contributed by atoms with Gasteiger partial charge in [-0.05, 0) is 39.7 Å². The van der Waals surface area contributed by atoms with E-state index in [0.29, 0.717) is 24.2 Å². The van der Waals surface area contributed by atoms with Crippen molar-refractivity contribution in [3.63, 3.8) is 0 Å². The average molecular weight is 375 g/mol. The van der Waals surface area contributed by atoms with Gasteiger partial charge in [0.2, 0.25) is 0 Å². The molecule has 7 heteroatoms. The van der Waals surface area contributed by atoms with Crippen molar-refractivity contribution in [2.75, 3.05) is 37.6 Å². The van der Waals surface area contributed by atoms with Crippen LogP contribution in [0.4, 0.5) is 5.82 Å². The van der Waals surface area contributed by atoms with Gasteiger partial charge in [0.05, 0.1) is 23.9 Å². The first-order valence-electron chi connectivity index (χ1n) is 10.6. The number of ether oxygens (including phenoxy) is 1. The molecule has 0 bridgehead atoms. The fourth-order valence-corrected chi connectivity index (χ4v) is 4.82. The number of fused-ring (bicyclic) bond motifs is 1. The summed E-state index contributed by atoms with van der Waals surface area (Å²) in [6.07, 6.45) is 5.76. The lowest BCUT2D eigenvalue weighted by molar-refractivity contribution is -0.0276. The van der Waals surface area contributed by atoms with E-state index in [-0.39, 0.29) is 6.04 Å². The van der Waals surface area contributed by atoms with Crippen LogP contribution in [0.1, 0.15) is 51.8 Å². The molecule has 2 N–H and O–H groups in total. The van der Waals surface area contributed by atoms with E-state index >= 15 is 0 Å². The predicted octanol–water partition coefficient (Wildman–Crippen LogP) is 1.73. The Morgan fingerprint density at radius 3 is 2.70 bits per heavy atom. The SMILES string of the molecule is CCN1CCN(c2cc(C3NNC4CCC(OC(C)C)CC43)ncn2)CC1. The van der Waals surface area contributed by atoms with Crippen LogP contribution in [0.5, 0.6) is 0 Å². The molecule has 2 aliphatic heterocycles. The average Bonchev–Trinajstić information content (AvgIpc) is 3.11. The maximum Gasteiger partial charge on any atom is 0.132 e. The highest BCUT2D eigenvalue weighted by Gasteiger charge is 2.42. The molecule has 3 fully saturated rings. The zero-order valence-electron chi connectivity index (χ0n) is 16.9. The molecule has 27 heavy (non-hydrogen) atoms. The minimum absolute atomic E-state index is 0.229. The molecule has 0 radical (unpaired) electrons. The van der Waals surface area contributed by atoms with E-state index in [1.54, 1.807) is 6.33 Å². The summed E-state index contributed by atoms with van der Waals surface area (Å²) in [5.74, 6) is 1.58. The van der Waals surface area contributed by atoms with E-state index in [1.807, 2.05) is 0 Å². The van der Waals surface area contributed by atoms with Gasteiger partial charge < -0.3 is 14.5 Å². The first kappa shape index (κ1) is 19.1. The van der Waals surface area contributed by atoms with Gasteiger partial charge >= 0.3 is 0 Å². The molecule has 2 saturated heterocycles. The second-order valence-electron chi connectivity index (χ2n) is 8.38. The molecule has 0 aromatic carbocycles. The van der Waals surface area contributed by atoms with Crippen LogP contribution in [-0.2, 0) is 4.74 Å². The van der Waals surface area contributed by atoms with Crippen LogP contribution in [0.3, 0.4) is 0 Å². The van der Waals surface area contributed by atoms with Gasteiger partial charge in [-0.3, -0.25) is 5.43 Å². The van der Waals surface area contributed by atoms with Gasteiger partial charge in [-0.1, -0.05) is 6.92 Å². The quantitative estimate of drug-likeness (QED) is 0.814. The van der Waals surface area contributed by atoms with Gasteiger partial charge in [-0.25, -0.2) is 15.4 Å². The summed E-state index contributed by atoms with van der Waals surface area (Å²) in [6.45, 7) is 11.9. The number of hydrogen-bond donors (Lipinski definition) is 2. The standard InChI is InChI=1S/C20H34N6O/c1-4-25-7-9-26(10-8-25)19-12-18(21-13-22-19)20-16-11-15(27-14(2)3)5-6-17(16)23-24-20/h12-17,20,23-24H,4-11H2,1-3H3. The maximum atomic E-state index is 6.12. The number of piperazine rings is 1. The van der Waals surface area contributed by atoms with E-state index in [4.69, 9.17) is 4.74 Å². The van der Waals surface area contributed by atoms with E-state index in [1.165, 1.54) is 0 Å². The molecule has 1 aliphatic carbocycles. The Hall–Kier alpha value is -1.28. The summed E-state index contributed by atoms with van der Waals surface area (Å²) in [7, 11) is 0. The highest BCUT2D eigenvalue weighted by atomic mass is 16.5. The molecule has 1 aromatic heterocycles. The lowest BCUT2D eigenvalue weighted by Crippen LogP contribution is -2.46. The Labute approximate surface area is 162 Å². The summed E-state index contributed by atoms with van der Waals surface area (Å²) in [5, 5.41) is 0. The summed E-state index contributed by atoms with van der Waals surface area (Å²) < 4.78 is 6.12. The number of nitrogens with zero attached hydrogens (tertiary/aromatic N) is 4. The van der Waals surface area contributed by atoms with Crippen molar-refractivity contribution in [3.05, 3.63) is 18.1 Å². The van der Waals surface area contributed by atoms with Crippen LogP contribution < -0.4 is 15.8 Å². The Morgan fingerprint density at radius 1 is 1.15 bits per heavy atom. The summed E-state index contributed by atoms with van der Waals surface area (Å²) >= 11 is 0. The number of hydrazine groups is 1. The normalized spacial score (nSPS) is 32.1. The van der Waals surface area contributed by atoms with Crippen LogP contribution in [-0.4, -0.2) is 65.8 Å². The smallest absolute Gasteiger partial charge is 0.132 e. The third kappa shape index (κ3) is 4.26. The molecule has 4 unspecified atom stereocenters. The zero-order chi connectivity index (χ0) is 18.8. The molecular formula is C20H34N6O. The van der Waals surface area contributed by atoms with Crippen molar-refractivity contribution in [1.29, 1.82) is 0 Å². The Bertz CT molecular complexity index is 618. The summed E-state index contributed by atoms with van der Waals surface area (Å²) in [6, 6.07) is 2.93. The Balaban J connectivity index is 1.45. The Kier molecular flexibility index (Phi) is 5.92. The number of rotatable bonds is 5. The first-order valence-corrected chi connectivity index (χ1v) is 10.6. The van der Waals surface area contributed by atoms with Gasteiger partial charge in [0.1, 0.15) is 12.1 Å². The zero-order valence-corrected chi connectivity index (χ0v) is 16.9. The molecule has 4 atom stereocenters. The highest BCUT2D eigenvalue weighted by molar-refractivity contribution is 5.40. The number of anilines is 1. The first-order chi connectivity index (χ1) is 13.1. The molecule has 0 spiro atoms. The van der Waals surface area contributed by atoms with Gasteiger partial charge in [0, 0.05) is 44.2 Å². The van der Waals surface area contributed by atoms with Crippen molar-refractivity contribution in [2.24, 2.45) is 5.92 Å². The summed E-state index contributed by atoms with van der Waals surface area (Å²) in [5.41, 5.74) is 8.12. The minimum atomic E-state index is 0.229. The third-order valence-electron chi connectivity index (χ3n) is 6.30. The molecule has 0 amide bonds. The van der Waals surface area contributed by atoms with Crippen molar-refractivity contribution >= 4 is 5.82 Å². The van der Waals surface area contributed by atoms with E-state index in [0.717, 1.165) is 63.5 Å². The van der Waals surface area contributed by atoms with E-state index in [2.05, 4.69) is 57.5 Å². The highest BCUT2D eigenvalue weighted by Crippen LogP contribution is 2.39. The predicted molar refractivity (Wildman–Crippen MR) is 107 cm³/mol. The lowest BCUT2D eigenvalue weighted by atomic mass is 9.79.